The zero-order valence-corrected chi connectivity index (χ0v) is 15.4. The van der Waals surface area contributed by atoms with Gasteiger partial charge in [-0.1, -0.05) is 66.7 Å². The molecule has 1 aliphatic rings. The zero-order valence-electron chi connectivity index (χ0n) is 15.4. The molecule has 0 amide bonds. The van der Waals surface area contributed by atoms with E-state index >= 15 is 0 Å². The second-order valence-corrected chi connectivity index (χ2v) is 7.11. The Morgan fingerprint density at radius 1 is 0.731 bits per heavy atom. The number of benzene rings is 3. The summed E-state index contributed by atoms with van der Waals surface area (Å²) < 4.78 is 0. The van der Waals surface area contributed by atoms with Crippen molar-refractivity contribution in [2.24, 2.45) is 0 Å². The summed E-state index contributed by atoms with van der Waals surface area (Å²) in [5.74, 6) is 0. The van der Waals surface area contributed by atoms with Crippen molar-refractivity contribution in [2.75, 3.05) is 31.1 Å². The molecule has 3 aromatic rings. The van der Waals surface area contributed by atoms with Crippen molar-refractivity contribution in [3.8, 4) is 11.1 Å². The second kappa shape index (κ2) is 7.76. The Hall–Kier alpha value is -2.58. The number of rotatable bonds is 4. The van der Waals surface area contributed by atoms with Gasteiger partial charge in [-0.05, 0) is 41.3 Å². The van der Waals surface area contributed by atoms with E-state index in [1.807, 2.05) is 0 Å². The van der Waals surface area contributed by atoms with Crippen LogP contribution >= 0.6 is 0 Å². The monoisotopic (exact) mass is 342 g/mol. The molecule has 132 valence electrons. The molecule has 4 rings (SSSR count). The molecule has 3 aromatic carbocycles. The van der Waals surface area contributed by atoms with Gasteiger partial charge < -0.3 is 4.90 Å². The Morgan fingerprint density at radius 2 is 1.38 bits per heavy atom. The predicted molar refractivity (Wildman–Crippen MR) is 111 cm³/mol. The van der Waals surface area contributed by atoms with E-state index in [0.29, 0.717) is 0 Å². The van der Waals surface area contributed by atoms with Gasteiger partial charge in [-0.3, -0.25) is 4.90 Å². The quantitative estimate of drug-likeness (QED) is 0.659. The molecule has 2 heteroatoms. The van der Waals surface area contributed by atoms with Crippen molar-refractivity contribution in [1.82, 2.24) is 4.90 Å². The van der Waals surface area contributed by atoms with Gasteiger partial charge in [0.05, 0.1) is 0 Å². The molecule has 1 saturated heterocycles. The molecule has 1 aliphatic heterocycles. The van der Waals surface area contributed by atoms with Gasteiger partial charge in [-0.25, -0.2) is 0 Å². The van der Waals surface area contributed by atoms with Crippen molar-refractivity contribution in [2.45, 2.75) is 13.5 Å². The van der Waals surface area contributed by atoms with E-state index in [0.717, 1.165) is 32.7 Å². The highest BCUT2D eigenvalue weighted by Crippen LogP contribution is 2.28. The first kappa shape index (κ1) is 16.9. The Labute approximate surface area is 156 Å². The number of hydrogen-bond donors (Lipinski definition) is 0. The molecule has 0 saturated carbocycles. The molecule has 0 atom stereocenters. The average molecular weight is 342 g/mol. The maximum absolute atomic E-state index is 2.55. The maximum Gasteiger partial charge on any atom is 0.0373 e. The third kappa shape index (κ3) is 3.81. The van der Waals surface area contributed by atoms with Crippen LogP contribution < -0.4 is 4.90 Å². The van der Waals surface area contributed by atoms with Gasteiger partial charge in [0.1, 0.15) is 0 Å². The minimum Gasteiger partial charge on any atom is -0.369 e. The highest BCUT2D eigenvalue weighted by Gasteiger charge is 2.18. The Morgan fingerprint density at radius 3 is 2.08 bits per heavy atom. The lowest BCUT2D eigenvalue weighted by atomic mass is 9.99. The summed E-state index contributed by atoms with van der Waals surface area (Å²) in [7, 11) is 0. The number of aryl methyl sites for hydroxylation is 1. The van der Waals surface area contributed by atoms with Crippen LogP contribution in [0.3, 0.4) is 0 Å². The van der Waals surface area contributed by atoms with Crippen molar-refractivity contribution in [3.05, 3.63) is 90.0 Å². The van der Waals surface area contributed by atoms with Gasteiger partial charge in [0.15, 0.2) is 0 Å². The van der Waals surface area contributed by atoms with Gasteiger partial charge >= 0.3 is 0 Å². The summed E-state index contributed by atoms with van der Waals surface area (Å²) >= 11 is 0. The van der Waals surface area contributed by atoms with Crippen LogP contribution in [0.15, 0.2) is 78.9 Å². The highest BCUT2D eigenvalue weighted by atomic mass is 15.3. The molecule has 0 spiro atoms. The van der Waals surface area contributed by atoms with Crippen LogP contribution in [0.1, 0.15) is 11.1 Å². The Bertz CT molecular complexity index is 835. The molecule has 0 unspecified atom stereocenters. The molecule has 1 heterocycles. The lowest BCUT2D eigenvalue weighted by Crippen LogP contribution is -2.45. The number of hydrogen-bond acceptors (Lipinski definition) is 2. The molecule has 0 radical (unpaired) electrons. The van der Waals surface area contributed by atoms with Crippen molar-refractivity contribution >= 4 is 5.69 Å². The third-order valence-corrected chi connectivity index (χ3v) is 5.29. The first-order valence-electron chi connectivity index (χ1n) is 9.47. The molecule has 2 nitrogen and oxygen atoms in total. The normalized spacial score (nSPS) is 15.2. The van der Waals surface area contributed by atoms with E-state index in [2.05, 4.69) is 95.6 Å². The van der Waals surface area contributed by atoms with Crippen LogP contribution in [0.5, 0.6) is 0 Å². The number of piperazine rings is 1. The summed E-state index contributed by atoms with van der Waals surface area (Å²) in [5.41, 5.74) is 6.73. The topological polar surface area (TPSA) is 6.48 Å². The molecule has 26 heavy (non-hydrogen) atoms. The van der Waals surface area contributed by atoms with Crippen LogP contribution in [0.2, 0.25) is 0 Å². The Balaban J connectivity index is 1.45. The fourth-order valence-electron chi connectivity index (χ4n) is 3.74. The summed E-state index contributed by atoms with van der Waals surface area (Å²) in [4.78, 5) is 5.07. The van der Waals surface area contributed by atoms with Crippen LogP contribution in [0.4, 0.5) is 5.69 Å². The summed E-state index contributed by atoms with van der Waals surface area (Å²) in [6.07, 6.45) is 0. The van der Waals surface area contributed by atoms with E-state index < -0.39 is 0 Å². The number of anilines is 1. The fraction of sp³-hybridized carbons (Fsp3) is 0.250. The largest absolute Gasteiger partial charge is 0.369 e. The molecule has 0 aromatic heterocycles. The first-order valence-corrected chi connectivity index (χ1v) is 9.47. The minimum atomic E-state index is 1.05. The SMILES string of the molecule is Cc1ccc(N2CCN(Cc3ccccc3)CC2)cc1-c1ccccc1. The smallest absolute Gasteiger partial charge is 0.0373 e. The van der Waals surface area contributed by atoms with Crippen LogP contribution in [0.25, 0.3) is 11.1 Å². The molecule has 0 bridgehead atoms. The van der Waals surface area contributed by atoms with E-state index in [9.17, 15) is 0 Å². The standard InChI is InChI=1S/C24H26N2/c1-20-12-13-23(18-24(20)22-10-6-3-7-11-22)26-16-14-25(15-17-26)19-21-8-4-2-5-9-21/h2-13,18H,14-17,19H2,1H3. The minimum absolute atomic E-state index is 1.05. The van der Waals surface area contributed by atoms with Gasteiger partial charge in [-0.15, -0.1) is 0 Å². The third-order valence-electron chi connectivity index (χ3n) is 5.29. The maximum atomic E-state index is 2.55. The molecule has 0 aliphatic carbocycles. The van der Waals surface area contributed by atoms with E-state index in [1.54, 1.807) is 0 Å². The van der Waals surface area contributed by atoms with E-state index in [1.165, 1.54) is 27.9 Å². The van der Waals surface area contributed by atoms with Crippen LogP contribution in [0, 0.1) is 6.92 Å². The molecule has 1 fully saturated rings. The fourth-order valence-corrected chi connectivity index (χ4v) is 3.74. The van der Waals surface area contributed by atoms with Crippen molar-refractivity contribution < 1.29 is 0 Å². The summed E-state index contributed by atoms with van der Waals surface area (Å²) in [5, 5.41) is 0. The lowest BCUT2D eigenvalue weighted by Gasteiger charge is -2.36. The van der Waals surface area contributed by atoms with Crippen molar-refractivity contribution in [1.29, 1.82) is 0 Å². The second-order valence-electron chi connectivity index (χ2n) is 7.11. The first-order chi connectivity index (χ1) is 12.8. The summed E-state index contributed by atoms with van der Waals surface area (Å²) in [6, 6.07) is 28.4. The predicted octanol–water partition coefficient (Wildman–Crippen LogP) is 4.98. The van der Waals surface area contributed by atoms with Crippen molar-refractivity contribution in [3.63, 3.8) is 0 Å². The van der Waals surface area contributed by atoms with E-state index in [4.69, 9.17) is 0 Å². The number of nitrogens with zero attached hydrogens (tertiary/aromatic N) is 2. The molecular formula is C24H26N2. The van der Waals surface area contributed by atoms with Gasteiger partial charge in [0, 0.05) is 38.4 Å². The highest BCUT2D eigenvalue weighted by molar-refractivity contribution is 5.72. The van der Waals surface area contributed by atoms with Gasteiger partial charge in [-0.2, -0.15) is 0 Å². The molecule has 0 N–H and O–H groups in total. The van der Waals surface area contributed by atoms with Crippen LogP contribution in [-0.4, -0.2) is 31.1 Å². The van der Waals surface area contributed by atoms with E-state index in [-0.39, 0.29) is 0 Å². The van der Waals surface area contributed by atoms with Crippen LogP contribution in [-0.2, 0) is 6.54 Å². The zero-order chi connectivity index (χ0) is 17.8. The lowest BCUT2D eigenvalue weighted by molar-refractivity contribution is 0.250. The molecular weight excluding hydrogens is 316 g/mol. The average Bonchev–Trinajstić information content (AvgIpc) is 2.70. The van der Waals surface area contributed by atoms with Gasteiger partial charge in [0.25, 0.3) is 0 Å². The Kier molecular flexibility index (Phi) is 5.03. The summed E-state index contributed by atoms with van der Waals surface area (Å²) in [6.45, 7) is 7.66. The van der Waals surface area contributed by atoms with Gasteiger partial charge in [0.2, 0.25) is 0 Å².